The van der Waals surface area contributed by atoms with Gasteiger partial charge in [0, 0.05) is 0 Å². The van der Waals surface area contributed by atoms with Crippen molar-refractivity contribution in [2.45, 2.75) is 17.4 Å². The average molecular weight is 330 g/mol. The number of hydrogen-bond donors (Lipinski definition) is 1. The molecule has 13 heteroatoms. The van der Waals surface area contributed by atoms with E-state index in [4.69, 9.17) is 4.55 Å². The summed E-state index contributed by atoms with van der Waals surface area (Å²) < 4.78 is 108. The van der Waals surface area contributed by atoms with E-state index in [0.29, 0.717) is 0 Å². The van der Waals surface area contributed by atoms with E-state index in [0.717, 1.165) is 0 Å². The number of alkyl halides is 7. The van der Waals surface area contributed by atoms with Crippen LogP contribution in [0.5, 0.6) is 0 Å². The van der Waals surface area contributed by atoms with Crippen molar-refractivity contribution in [3.8, 4) is 0 Å². The summed E-state index contributed by atoms with van der Waals surface area (Å²) >= 11 is 0. The minimum absolute atomic E-state index is 0. The maximum Gasteiger partial charge on any atom is 1.00 e. The molecule has 0 aliphatic heterocycles. The third-order valence-corrected chi connectivity index (χ3v) is 2.26. The first-order chi connectivity index (χ1) is 5.75. The van der Waals surface area contributed by atoms with E-state index in [2.05, 4.69) is 0 Å². The van der Waals surface area contributed by atoms with Gasteiger partial charge in [-0.15, -0.1) is 0 Å². The van der Waals surface area contributed by atoms with Crippen molar-refractivity contribution in [2.75, 3.05) is 0 Å². The molecule has 3 nitrogen and oxygen atoms in total. The van der Waals surface area contributed by atoms with Gasteiger partial charge < -0.3 is 2.85 Å². The van der Waals surface area contributed by atoms with Crippen molar-refractivity contribution in [1.29, 1.82) is 0 Å². The molecule has 0 aromatic carbocycles. The topological polar surface area (TPSA) is 54.4 Å². The van der Waals surface area contributed by atoms with Crippen LogP contribution in [0.1, 0.15) is 2.85 Å². The Labute approximate surface area is 173 Å². The predicted molar refractivity (Wildman–Crippen MR) is 29.7 cm³/mol. The third kappa shape index (κ3) is 4.66. The third-order valence-electron chi connectivity index (χ3n) is 1.08. The van der Waals surface area contributed by atoms with Crippen LogP contribution in [0.2, 0.25) is 0 Å². The van der Waals surface area contributed by atoms with Gasteiger partial charge >= 0.3 is 130 Å². The second-order valence-corrected chi connectivity index (χ2v) is 3.58. The Kier molecular flexibility index (Phi) is 10.3. The number of halogens is 7. The monoisotopic (exact) mass is 330 g/mol. The standard InChI is InChI=1S/C3HF7O3S.2K.2H/c4-1(2(5,6)7,3(8,9)10)14(11,12)13;;;;/h(H,11,12,13);;;;/q;2*+1;2*-1. The molecule has 0 heterocycles. The Balaban J connectivity index is -0.000000141. The molecule has 0 aliphatic carbocycles. The van der Waals surface area contributed by atoms with Gasteiger partial charge in [-0.05, 0) is 0 Å². The molecular formula is C3H3F7K2O3S. The van der Waals surface area contributed by atoms with Crippen LogP contribution < -0.4 is 103 Å². The van der Waals surface area contributed by atoms with Gasteiger partial charge in [-0.3, -0.25) is 4.55 Å². The van der Waals surface area contributed by atoms with E-state index in [-0.39, 0.29) is 106 Å². The van der Waals surface area contributed by atoms with Crippen LogP contribution >= 0.6 is 0 Å². The zero-order valence-corrected chi connectivity index (χ0v) is 14.9. The fourth-order valence-corrected chi connectivity index (χ4v) is 1.04. The molecule has 0 amide bonds. The normalized spacial score (nSPS) is 13.8. The quantitative estimate of drug-likeness (QED) is 0.302. The molecule has 0 spiro atoms. The second-order valence-electron chi connectivity index (χ2n) is 2.07. The van der Waals surface area contributed by atoms with Crippen molar-refractivity contribution >= 4 is 10.1 Å². The average Bonchev–Trinajstić information content (AvgIpc) is 1.77. The van der Waals surface area contributed by atoms with Crippen LogP contribution in [0.15, 0.2) is 0 Å². The van der Waals surface area contributed by atoms with Gasteiger partial charge in [-0.2, -0.15) is 34.8 Å². The summed E-state index contributed by atoms with van der Waals surface area (Å²) in [6.45, 7) is 0. The minimum atomic E-state index is -7.00. The fourth-order valence-electron chi connectivity index (χ4n) is 0.453. The molecular weight excluding hydrogens is 327 g/mol. The van der Waals surface area contributed by atoms with Crippen molar-refractivity contribution in [1.82, 2.24) is 0 Å². The minimum Gasteiger partial charge on any atom is -1.00 e. The molecule has 0 fully saturated rings. The molecule has 0 saturated heterocycles. The van der Waals surface area contributed by atoms with Crippen LogP contribution in [0.3, 0.4) is 0 Å². The molecule has 0 bridgehead atoms. The first-order valence-electron chi connectivity index (χ1n) is 2.54. The number of rotatable bonds is 1. The van der Waals surface area contributed by atoms with E-state index in [1.807, 2.05) is 0 Å². The SMILES string of the molecule is O=S(=O)(O)C(F)(C(F)(F)F)C(F)(F)F.[H-].[H-].[K+].[K+]. The van der Waals surface area contributed by atoms with E-state index in [9.17, 15) is 39.2 Å². The summed E-state index contributed by atoms with van der Waals surface area (Å²) in [6.07, 6.45) is -13.6. The van der Waals surface area contributed by atoms with Gasteiger partial charge in [-0.1, -0.05) is 0 Å². The zero-order valence-electron chi connectivity index (χ0n) is 9.82. The Morgan fingerprint density at radius 3 is 1.00 bits per heavy atom. The predicted octanol–water partition coefficient (Wildman–Crippen LogP) is -4.10. The van der Waals surface area contributed by atoms with Gasteiger partial charge in [-0.25, -0.2) is 4.39 Å². The molecule has 0 atom stereocenters. The second kappa shape index (κ2) is 6.92. The summed E-state index contributed by atoms with van der Waals surface area (Å²) in [5.41, 5.74) is 0. The summed E-state index contributed by atoms with van der Waals surface area (Å²) in [6, 6.07) is 0. The fraction of sp³-hybridized carbons (Fsp3) is 1.00. The van der Waals surface area contributed by atoms with E-state index in [1.165, 1.54) is 0 Å². The van der Waals surface area contributed by atoms with Gasteiger partial charge in [0.15, 0.2) is 0 Å². The van der Waals surface area contributed by atoms with Gasteiger partial charge in [0.05, 0.1) is 0 Å². The van der Waals surface area contributed by atoms with Gasteiger partial charge in [0.25, 0.3) is 0 Å². The summed E-state index contributed by atoms with van der Waals surface area (Å²) in [7, 11) is -7.00. The molecule has 1 N–H and O–H groups in total. The maximum atomic E-state index is 12.2. The van der Waals surface area contributed by atoms with Crippen molar-refractivity contribution < 1.29 is 149 Å². The van der Waals surface area contributed by atoms with Crippen LogP contribution in [-0.2, 0) is 10.1 Å². The molecule has 0 saturated carbocycles. The first-order valence-corrected chi connectivity index (χ1v) is 3.98. The number of hydrogen-bond acceptors (Lipinski definition) is 2. The van der Waals surface area contributed by atoms with Crippen LogP contribution in [0, 0.1) is 0 Å². The molecule has 0 aromatic rings. The maximum absolute atomic E-state index is 12.2. The van der Waals surface area contributed by atoms with Crippen LogP contribution in [-0.4, -0.2) is 30.3 Å². The van der Waals surface area contributed by atoms with Crippen LogP contribution in [0.4, 0.5) is 30.7 Å². The van der Waals surface area contributed by atoms with Crippen LogP contribution in [0.25, 0.3) is 0 Å². The van der Waals surface area contributed by atoms with E-state index in [1.54, 1.807) is 0 Å². The summed E-state index contributed by atoms with van der Waals surface area (Å²) in [4.78, 5) is 0. The largest absolute Gasteiger partial charge is 1.00 e. The Morgan fingerprint density at radius 2 is 1.00 bits per heavy atom. The Morgan fingerprint density at radius 1 is 0.812 bits per heavy atom. The Hall–Kier alpha value is 2.69. The van der Waals surface area contributed by atoms with Gasteiger partial charge in [0.1, 0.15) is 0 Å². The molecule has 0 aliphatic rings. The van der Waals surface area contributed by atoms with Gasteiger partial charge in [0.2, 0.25) is 0 Å². The van der Waals surface area contributed by atoms with Crippen molar-refractivity contribution in [3.05, 3.63) is 0 Å². The summed E-state index contributed by atoms with van der Waals surface area (Å²) in [5, 5.41) is -6.66. The molecule has 90 valence electrons. The van der Waals surface area contributed by atoms with E-state index >= 15 is 0 Å². The Bertz CT molecular complexity index is 314. The van der Waals surface area contributed by atoms with E-state index < -0.39 is 27.5 Å². The first kappa shape index (κ1) is 23.8. The van der Waals surface area contributed by atoms with Crippen molar-refractivity contribution in [3.63, 3.8) is 0 Å². The molecule has 0 radical (unpaired) electrons. The summed E-state index contributed by atoms with van der Waals surface area (Å²) in [5.74, 6) is 0. The molecule has 16 heavy (non-hydrogen) atoms. The van der Waals surface area contributed by atoms with Crippen molar-refractivity contribution in [2.24, 2.45) is 0 Å². The smallest absolute Gasteiger partial charge is 1.00 e. The zero-order chi connectivity index (χ0) is 12.0. The molecule has 0 rings (SSSR count). The molecule has 0 unspecified atom stereocenters. The molecule has 0 aromatic heterocycles.